The summed E-state index contributed by atoms with van der Waals surface area (Å²) in [5, 5.41) is 10.6. The molecule has 4 nitrogen and oxygen atoms in total. The zero-order valence-electron chi connectivity index (χ0n) is 8.70. The second-order valence-electron chi connectivity index (χ2n) is 3.17. The highest BCUT2D eigenvalue weighted by Crippen LogP contribution is 2.18. The summed E-state index contributed by atoms with van der Waals surface area (Å²) in [6, 6.07) is 7.31. The number of nitrogens with one attached hydrogen (secondary N) is 1. The molecule has 0 heterocycles. The molecule has 0 aromatic heterocycles. The van der Waals surface area contributed by atoms with E-state index in [-0.39, 0.29) is 6.54 Å². The molecule has 1 aromatic rings. The highest BCUT2D eigenvalue weighted by atomic mass is 16.6. The van der Waals surface area contributed by atoms with Gasteiger partial charge in [0.05, 0.1) is 6.07 Å². The maximum absolute atomic E-state index is 11.1. The Morgan fingerprint density at radius 2 is 2.27 bits per heavy atom. The Morgan fingerprint density at radius 1 is 1.53 bits per heavy atom. The zero-order chi connectivity index (χ0) is 11.3. The van der Waals surface area contributed by atoms with Crippen molar-refractivity contribution in [1.29, 1.82) is 5.26 Å². The van der Waals surface area contributed by atoms with Crippen molar-refractivity contribution < 1.29 is 9.53 Å². The minimum atomic E-state index is -0.608. The van der Waals surface area contributed by atoms with Crippen molar-refractivity contribution >= 4 is 6.09 Å². The number of aryl methyl sites for hydroxylation is 2. The SMILES string of the molecule is Cc1ccc(OC(=O)NCC#N)c(C)c1. The van der Waals surface area contributed by atoms with E-state index in [4.69, 9.17) is 10.00 Å². The highest BCUT2D eigenvalue weighted by molar-refractivity contribution is 5.71. The van der Waals surface area contributed by atoms with Gasteiger partial charge in [-0.3, -0.25) is 0 Å². The molecule has 0 aliphatic heterocycles. The lowest BCUT2D eigenvalue weighted by molar-refractivity contribution is 0.201. The first-order valence-corrected chi connectivity index (χ1v) is 4.53. The molecule has 0 atom stereocenters. The van der Waals surface area contributed by atoms with Gasteiger partial charge in [-0.25, -0.2) is 4.79 Å². The van der Waals surface area contributed by atoms with E-state index >= 15 is 0 Å². The molecule has 78 valence electrons. The van der Waals surface area contributed by atoms with E-state index in [1.807, 2.05) is 26.0 Å². The molecular formula is C11H12N2O2. The number of carbonyl (C=O) groups excluding carboxylic acids is 1. The van der Waals surface area contributed by atoms with Gasteiger partial charge in [-0.1, -0.05) is 17.7 Å². The van der Waals surface area contributed by atoms with E-state index in [0.717, 1.165) is 11.1 Å². The monoisotopic (exact) mass is 204 g/mol. The van der Waals surface area contributed by atoms with Gasteiger partial charge < -0.3 is 10.1 Å². The topological polar surface area (TPSA) is 62.1 Å². The average molecular weight is 204 g/mol. The Balaban J connectivity index is 2.65. The van der Waals surface area contributed by atoms with Crippen molar-refractivity contribution in [1.82, 2.24) is 5.32 Å². The van der Waals surface area contributed by atoms with Crippen LogP contribution < -0.4 is 10.1 Å². The van der Waals surface area contributed by atoms with Crippen molar-refractivity contribution in [2.75, 3.05) is 6.54 Å². The number of hydrogen-bond acceptors (Lipinski definition) is 3. The van der Waals surface area contributed by atoms with E-state index in [9.17, 15) is 4.79 Å². The Bertz CT molecular complexity index is 408. The Labute approximate surface area is 88.5 Å². The fourth-order valence-corrected chi connectivity index (χ4v) is 1.16. The van der Waals surface area contributed by atoms with Gasteiger partial charge in [0.15, 0.2) is 0 Å². The van der Waals surface area contributed by atoms with E-state index in [2.05, 4.69) is 5.32 Å². The molecule has 15 heavy (non-hydrogen) atoms. The normalized spacial score (nSPS) is 9.13. The molecular weight excluding hydrogens is 192 g/mol. The van der Waals surface area contributed by atoms with Crippen LogP contribution in [0.5, 0.6) is 5.75 Å². The number of carbonyl (C=O) groups is 1. The number of amides is 1. The lowest BCUT2D eigenvalue weighted by Crippen LogP contribution is -2.27. The van der Waals surface area contributed by atoms with Crippen LogP contribution >= 0.6 is 0 Å². The third-order valence-electron chi connectivity index (χ3n) is 1.84. The molecule has 0 unspecified atom stereocenters. The Hall–Kier alpha value is -2.02. The predicted octanol–water partition coefficient (Wildman–Crippen LogP) is 1.92. The molecule has 0 radical (unpaired) electrons. The van der Waals surface area contributed by atoms with Crippen molar-refractivity contribution in [3.63, 3.8) is 0 Å². The standard InChI is InChI=1S/C11H12N2O2/c1-8-3-4-10(9(2)7-8)15-11(14)13-6-5-12/h3-4,7H,6H2,1-2H3,(H,13,14). The molecule has 1 aromatic carbocycles. The summed E-state index contributed by atoms with van der Waals surface area (Å²) in [5.74, 6) is 0.510. The third-order valence-corrected chi connectivity index (χ3v) is 1.84. The second-order valence-corrected chi connectivity index (χ2v) is 3.17. The summed E-state index contributed by atoms with van der Waals surface area (Å²) in [6.07, 6.45) is -0.608. The highest BCUT2D eigenvalue weighted by Gasteiger charge is 2.05. The summed E-state index contributed by atoms with van der Waals surface area (Å²) in [4.78, 5) is 11.1. The van der Waals surface area contributed by atoms with Gasteiger partial charge in [-0.2, -0.15) is 5.26 Å². The van der Waals surface area contributed by atoms with Crippen LogP contribution in [-0.2, 0) is 0 Å². The van der Waals surface area contributed by atoms with Crippen LogP contribution in [0.15, 0.2) is 18.2 Å². The first-order chi connectivity index (χ1) is 7.13. The van der Waals surface area contributed by atoms with Crippen molar-refractivity contribution in [2.45, 2.75) is 13.8 Å². The summed E-state index contributed by atoms with van der Waals surface area (Å²) >= 11 is 0. The smallest absolute Gasteiger partial charge is 0.410 e. The van der Waals surface area contributed by atoms with Gasteiger partial charge in [0, 0.05) is 0 Å². The Kier molecular flexibility index (Phi) is 3.69. The fraction of sp³-hybridized carbons (Fsp3) is 0.273. The summed E-state index contributed by atoms with van der Waals surface area (Å²) < 4.78 is 5.00. The first-order valence-electron chi connectivity index (χ1n) is 4.53. The van der Waals surface area contributed by atoms with Crippen molar-refractivity contribution in [2.24, 2.45) is 0 Å². The fourth-order valence-electron chi connectivity index (χ4n) is 1.16. The van der Waals surface area contributed by atoms with Gasteiger partial charge >= 0.3 is 6.09 Å². The second kappa shape index (κ2) is 5.01. The van der Waals surface area contributed by atoms with Crippen molar-refractivity contribution in [3.8, 4) is 11.8 Å². The molecule has 1 rings (SSSR count). The number of benzene rings is 1. The summed E-state index contributed by atoms with van der Waals surface area (Å²) in [5.41, 5.74) is 2.00. The molecule has 0 saturated heterocycles. The van der Waals surface area contributed by atoms with Crippen LogP contribution in [0.3, 0.4) is 0 Å². The molecule has 0 saturated carbocycles. The molecule has 1 N–H and O–H groups in total. The molecule has 1 amide bonds. The summed E-state index contributed by atoms with van der Waals surface area (Å²) in [7, 11) is 0. The van der Waals surface area contributed by atoms with E-state index < -0.39 is 6.09 Å². The quantitative estimate of drug-likeness (QED) is 0.748. The van der Waals surface area contributed by atoms with E-state index in [1.54, 1.807) is 12.1 Å². The summed E-state index contributed by atoms with van der Waals surface area (Å²) in [6.45, 7) is 3.77. The minimum absolute atomic E-state index is 0.0518. The molecule has 0 spiro atoms. The molecule has 0 aliphatic carbocycles. The minimum Gasteiger partial charge on any atom is -0.410 e. The number of hydrogen-bond donors (Lipinski definition) is 1. The molecule has 0 bridgehead atoms. The van der Waals surface area contributed by atoms with Crippen LogP contribution in [0.4, 0.5) is 4.79 Å². The molecule has 0 fully saturated rings. The van der Waals surface area contributed by atoms with E-state index in [0.29, 0.717) is 5.75 Å². The number of rotatable bonds is 2. The average Bonchev–Trinajstić information content (AvgIpc) is 2.19. The number of ether oxygens (including phenoxy) is 1. The Morgan fingerprint density at radius 3 is 2.87 bits per heavy atom. The molecule has 4 heteroatoms. The third kappa shape index (κ3) is 3.31. The van der Waals surface area contributed by atoms with Crippen LogP contribution in [0.1, 0.15) is 11.1 Å². The maximum atomic E-state index is 11.1. The number of nitrogens with zero attached hydrogens (tertiary/aromatic N) is 1. The van der Waals surface area contributed by atoms with Crippen LogP contribution in [0.25, 0.3) is 0 Å². The van der Waals surface area contributed by atoms with Crippen LogP contribution in [0, 0.1) is 25.2 Å². The maximum Gasteiger partial charge on any atom is 0.413 e. The van der Waals surface area contributed by atoms with Gasteiger partial charge in [0.2, 0.25) is 0 Å². The van der Waals surface area contributed by atoms with Crippen molar-refractivity contribution in [3.05, 3.63) is 29.3 Å². The van der Waals surface area contributed by atoms with Gasteiger partial charge in [0.1, 0.15) is 12.3 Å². The molecule has 0 aliphatic rings. The van der Waals surface area contributed by atoms with Crippen LogP contribution in [0.2, 0.25) is 0 Å². The van der Waals surface area contributed by atoms with Crippen LogP contribution in [-0.4, -0.2) is 12.6 Å². The predicted molar refractivity (Wildman–Crippen MR) is 55.6 cm³/mol. The lowest BCUT2D eigenvalue weighted by atomic mass is 10.1. The van der Waals surface area contributed by atoms with E-state index in [1.165, 1.54) is 0 Å². The van der Waals surface area contributed by atoms with Gasteiger partial charge in [0.25, 0.3) is 0 Å². The first kappa shape index (κ1) is 11.1. The largest absolute Gasteiger partial charge is 0.413 e. The lowest BCUT2D eigenvalue weighted by Gasteiger charge is -2.07. The number of nitriles is 1. The van der Waals surface area contributed by atoms with Gasteiger partial charge in [-0.05, 0) is 25.5 Å². The zero-order valence-corrected chi connectivity index (χ0v) is 8.70. The van der Waals surface area contributed by atoms with Gasteiger partial charge in [-0.15, -0.1) is 0 Å².